The Bertz CT molecular complexity index is 262. The molecule has 1 fully saturated rings. The zero-order valence-corrected chi connectivity index (χ0v) is 8.59. The Balaban J connectivity index is 0.000000845. The van der Waals surface area contributed by atoms with E-state index in [0.29, 0.717) is 0 Å². The molecule has 0 spiro atoms. The fourth-order valence-electron chi connectivity index (χ4n) is 2.06. The van der Waals surface area contributed by atoms with Crippen molar-refractivity contribution in [2.45, 2.75) is 32.1 Å². The molecule has 0 aliphatic heterocycles. The molecule has 1 aliphatic carbocycles. The number of hydrogen-bond acceptors (Lipinski definition) is 0. The van der Waals surface area contributed by atoms with Crippen LogP contribution >= 0.6 is 0 Å². The van der Waals surface area contributed by atoms with Crippen LogP contribution in [0.15, 0.2) is 24.3 Å². The summed E-state index contributed by atoms with van der Waals surface area (Å²) in [4.78, 5) is 0. The molecule has 0 radical (unpaired) electrons. The summed E-state index contributed by atoms with van der Waals surface area (Å²) in [7, 11) is 0. The molecule has 0 amide bonds. The summed E-state index contributed by atoms with van der Waals surface area (Å²) in [6, 6.07) is 8.74. The molecule has 2 rings (SSSR count). The average Bonchev–Trinajstić information content (AvgIpc) is 2.57. The normalized spacial score (nSPS) is 21.2. The second kappa shape index (κ2) is 4.89. The molecule has 1 unspecified atom stereocenters. The molecule has 0 nitrogen and oxygen atoms in total. The van der Waals surface area contributed by atoms with E-state index in [1.54, 1.807) is 0 Å². The largest absolute Gasteiger partial charge is 1.00 e. The molecule has 64 valence electrons. The molecule has 0 saturated heterocycles. The Kier molecular flexibility index (Phi) is 4.10. The minimum Gasteiger partial charge on any atom is -0.321 e. The van der Waals surface area contributed by atoms with Crippen LogP contribution in [0.1, 0.15) is 36.3 Å². The summed E-state index contributed by atoms with van der Waals surface area (Å²) < 4.78 is 0. The maximum atomic E-state index is 2.46. The first-order valence-corrected chi connectivity index (χ1v) is 4.77. The van der Waals surface area contributed by atoms with Gasteiger partial charge < -0.3 is 6.42 Å². The molecule has 1 heteroatoms. The fourth-order valence-corrected chi connectivity index (χ4v) is 2.06. The van der Waals surface area contributed by atoms with Gasteiger partial charge in [0.05, 0.1) is 0 Å². The Labute approximate surface area is 92.9 Å². The molecular formula is C12H15Li. The summed E-state index contributed by atoms with van der Waals surface area (Å²) in [6.07, 6.45) is 6.49. The number of rotatable bonds is 1. The van der Waals surface area contributed by atoms with E-state index in [-0.39, 0.29) is 18.9 Å². The average molecular weight is 166 g/mol. The van der Waals surface area contributed by atoms with Gasteiger partial charge in [-0.15, -0.1) is 5.92 Å². The molecular weight excluding hydrogens is 151 g/mol. The van der Waals surface area contributed by atoms with Gasteiger partial charge in [0.1, 0.15) is 0 Å². The van der Waals surface area contributed by atoms with Crippen molar-refractivity contribution >= 4 is 0 Å². The van der Waals surface area contributed by atoms with Crippen LogP contribution in [0, 0.1) is 13.3 Å². The first kappa shape index (κ1) is 10.9. The third-order valence-electron chi connectivity index (χ3n) is 2.76. The van der Waals surface area contributed by atoms with Gasteiger partial charge in [-0.1, -0.05) is 48.2 Å². The zero-order chi connectivity index (χ0) is 8.39. The first-order chi connectivity index (χ1) is 5.88. The molecule has 13 heavy (non-hydrogen) atoms. The Morgan fingerprint density at radius 2 is 2.08 bits per heavy atom. The van der Waals surface area contributed by atoms with Gasteiger partial charge in [-0.25, -0.2) is 0 Å². The summed E-state index contributed by atoms with van der Waals surface area (Å²) in [6.45, 7) is 2.21. The number of benzene rings is 1. The molecule has 1 aromatic carbocycles. The maximum absolute atomic E-state index is 2.46. The second-order valence-electron chi connectivity index (χ2n) is 3.63. The molecule has 1 aromatic rings. The molecule has 0 N–H and O–H groups in total. The van der Waals surface area contributed by atoms with Crippen LogP contribution in [0.5, 0.6) is 0 Å². The van der Waals surface area contributed by atoms with Crippen molar-refractivity contribution in [1.82, 2.24) is 0 Å². The first-order valence-electron chi connectivity index (χ1n) is 4.77. The SMILES string of the molecule is Cc1ccccc1C1[CH-]CCC1.[Li+]. The van der Waals surface area contributed by atoms with Gasteiger partial charge >= 0.3 is 18.9 Å². The van der Waals surface area contributed by atoms with Crippen LogP contribution in [-0.4, -0.2) is 0 Å². The summed E-state index contributed by atoms with van der Waals surface area (Å²) in [5.41, 5.74) is 2.98. The van der Waals surface area contributed by atoms with E-state index in [1.807, 2.05) is 0 Å². The Hall–Kier alpha value is -0.183. The third kappa shape index (κ3) is 2.39. The van der Waals surface area contributed by atoms with Crippen molar-refractivity contribution in [3.63, 3.8) is 0 Å². The third-order valence-corrected chi connectivity index (χ3v) is 2.76. The molecule has 1 saturated carbocycles. The quantitative estimate of drug-likeness (QED) is 0.420. The van der Waals surface area contributed by atoms with Crippen molar-refractivity contribution in [2.75, 3.05) is 0 Å². The maximum Gasteiger partial charge on any atom is 1.00 e. The van der Waals surface area contributed by atoms with Crippen LogP contribution in [0.4, 0.5) is 0 Å². The zero-order valence-electron chi connectivity index (χ0n) is 8.59. The predicted molar refractivity (Wildman–Crippen MR) is 52.1 cm³/mol. The van der Waals surface area contributed by atoms with Crippen LogP contribution in [-0.2, 0) is 0 Å². The Morgan fingerprint density at radius 1 is 1.31 bits per heavy atom. The van der Waals surface area contributed by atoms with Crippen molar-refractivity contribution in [3.8, 4) is 0 Å². The second-order valence-corrected chi connectivity index (χ2v) is 3.63. The van der Waals surface area contributed by atoms with Gasteiger partial charge in [0.25, 0.3) is 0 Å². The topological polar surface area (TPSA) is 0 Å². The number of hydrogen-bond donors (Lipinski definition) is 0. The summed E-state index contributed by atoms with van der Waals surface area (Å²) in [5.74, 6) is 0.742. The molecule has 0 bridgehead atoms. The van der Waals surface area contributed by atoms with Gasteiger partial charge in [-0.3, -0.25) is 0 Å². The van der Waals surface area contributed by atoms with Gasteiger partial charge in [-0.2, -0.15) is 6.42 Å². The van der Waals surface area contributed by atoms with Crippen molar-refractivity contribution in [1.29, 1.82) is 0 Å². The van der Waals surface area contributed by atoms with Gasteiger partial charge in [-0.05, 0) is 6.92 Å². The van der Waals surface area contributed by atoms with Crippen LogP contribution < -0.4 is 18.9 Å². The fraction of sp³-hybridized carbons (Fsp3) is 0.417. The molecule has 0 aromatic heterocycles. The van der Waals surface area contributed by atoms with E-state index in [4.69, 9.17) is 0 Å². The van der Waals surface area contributed by atoms with E-state index in [2.05, 4.69) is 37.6 Å². The molecule has 1 atom stereocenters. The minimum absolute atomic E-state index is 0. The van der Waals surface area contributed by atoms with E-state index in [0.717, 1.165) is 5.92 Å². The van der Waals surface area contributed by atoms with E-state index < -0.39 is 0 Å². The van der Waals surface area contributed by atoms with E-state index >= 15 is 0 Å². The van der Waals surface area contributed by atoms with Crippen LogP contribution in [0.2, 0.25) is 0 Å². The van der Waals surface area contributed by atoms with Crippen LogP contribution in [0.3, 0.4) is 0 Å². The van der Waals surface area contributed by atoms with Crippen molar-refractivity contribution < 1.29 is 18.9 Å². The van der Waals surface area contributed by atoms with Crippen molar-refractivity contribution in [2.24, 2.45) is 0 Å². The minimum atomic E-state index is 0. The van der Waals surface area contributed by atoms with E-state index in [9.17, 15) is 0 Å². The smallest absolute Gasteiger partial charge is 0.321 e. The standard InChI is InChI=1S/C12H15.Li/c1-10-6-2-5-9-12(10)11-7-3-4-8-11;/h2,5-7,9,11H,3-4,8H2,1H3;/q-1;+1. The number of aryl methyl sites for hydroxylation is 1. The van der Waals surface area contributed by atoms with Crippen molar-refractivity contribution in [3.05, 3.63) is 41.8 Å². The predicted octanol–water partition coefficient (Wildman–Crippen LogP) is 0.471. The summed E-state index contributed by atoms with van der Waals surface area (Å²) >= 11 is 0. The van der Waals surface area contributed by atoms with E-state index in [1.165, 1.54) is 30.4 Å². The Morgan fingerprint density at radius 3 is 2.69 bits per heavy atom. The monoisotopic (exact) mass is 166 g/mol. The summed E-state index contributed by atoms with van der Waals surface area (Å²) in [5, 5.41) is 0. The van der Waals surface area contributed by atoms with Gasteiger partial charge in [0.15, 0.2) is 0 Å². The van der Waals surface area contributed by atoms with Crippen LogP contribution in [0.25, 0.3) is 0 Å². The molecule has 0 heterocycles. The van der Waals surface area contributed by atoms with Gasteiger partial charge in [0, 0.05) is 0 Å². The van der Waals surface area contributed by atoms with Gasteiger partial charge in [0.2, 0.25) is 0 Å². The molecule has 1 aliphatic rings.